The molecule has 0 spiro atoms. The molecule has 0 amide bonds. The second-order valence-electron chi connectivity index (χ2n) is 4.83. The number of nitrogens with zero attached hydrogens (tertiary/aromatic N) is 1. The molecule has 4 nitrogen and oxygen atoms in total. The van der Waals surface area contributed by atoms with Gasteiger partial charge in [-0.3, -0.25) is 0 Å². The van der Waals surface area contributed by atoms with Gasteiger partial charge in [0.15, 0.2) is 0 Å². The van der Waals surface area contributed by atoms with Crippen molar-refractivity contribution in [3.63, 3.8) is 0 Å². The van der Waals surface area contributed by atoms with Gasteiger partial charge in [0.2, 0.25) is 0 Å². The van der Waals surface area contributed by atoms with Crippen LogP contribution in [0, 0.1) is 0 Å². The van der Waals surface area contributed by atoms with E-state index in [0.29, 0.717) is 11.5 Å². The van der Waals surface area contributed by atoms with Gasteiger partial charge in [0.25, 0.3) is 0 Å². The van der Waals surface area contributed by atoms with E-state index in [0.717, 1.165) is 36.1 Å². The topological polar surface area (TPSA) is 55.0 Å². The zero-order chi connectivity index (χ0) is 13.2. The van der Waals surface area contributed by atoms with Gasteiger partial charge in [-0.1, -0.05) is 12.2 Å². The fourth-order valence-electron chi connectivity index (χ4n) is 2.51. The van der Waals surface area contributed by atoms with Crippen LogP contribution in [0.3, 0.4) is 0 Å². The number of fused-ring (bicyclic) bond motifs is 1. The van der Waals surface area contributed by atoms with Crippen molar-refractivity contribution in [2.24, 2.45) is 0 Å². The summed E-state index contributed by atoms with van der Waals surface area (Å²) in [5, 5.41) is 0. The maximum atomic E-state index is 11.5. The molecule has 0 bridgehead atoms. The second kappa shape index (κ2) is 4.88. The Morgan fingerprint density at radius 2 is 2.32 bits per heavy atom. The summed E-state index contributed by atoms with van der Waals surface area (Å²) in [6.07, 6.45) is 7.69. The summed E-state index contributed by atoms with van der Waals surface area (Å²) < 4.78 is 4.73. The van der Waals surface area contributed by atoms with Crippen LogP contribution in [0.5, 0.6) is 0 Å². The number of aromatic amines is 1. The third-order valence-corrected chi connectivity index (χ3v) is 3.58. The number of methoxy groups -OCH3 is 1. The average molecular weight is 256 g/mol. The van der Waals surface area contributed by atoms with Crippen LogP contribution in [0.4, 0.5) is 0 Å². The molecule has 1 atom stereocenters. The molecule has 2 aromatic rings. The Bertz CT molecular complexity index is 643. The number of aromatic nitrogens is 2. The Morgan fingerprint density at radius 1 is 1.42 bits per heavy atom. The molecule has 3 rings (SSSR count). The first-order valence-electron chi connectivity index (χ1n) is 6.51. The summed E-state index contributed by atoms with van der Waals surface area (Å²) in [5.74, 6) is 1.15. The second-order valence-corrected chi connectivity index (χ2v) is 4.83. The number of H-pyrrole nitrogens is 1. The normalized spacial score (nSPS) is 18.7. The number of rotatable bonds is 2. The van der Waals surface area contributed by atoms with Crippen molar-refractivity contribution in [3.05, 3.63) is 41.7 Å². The third-order valence-electron chi connectivity index (χ3n) is 3.58. The number of nitrogens with one attached hydrogen (secondary N) is 1. The van der Waals surface area contributed by atoms with Crippen LogP contribution in [-0.2, 0) is 4.74 Å². The van der Waals surface area contributed by atoms with Crippen LogP contribution in [0.1, 0.15) is 41.4 Å². The van der Waals surface area contributed by atoms with E-state index in [2.05, 4.69) is 22.1 Å². The van der Waals surface area contributed by atoms with Crippen molar-refractivity contribution >= 4 is 17.0 Å². The van der Waals surface area contributed by atoms with E-state index in [-0.39, 0.29) is 5.97 Å². The fourth-order valence-corrected chi connectivity index (χ4v) is 2.51. The van der Waals surface area contributed by atoms with Crippen LogP contribution in [0.15, 0.2) is 30.4 Å². The number of carbonyl (C=O) groups is 1. The lowest BCUT2D eigenvalue weighted by Gasteiger charge is -2.14. The summed E-state index contributed by atoms with van der Waals surface area (Å²) in [6, 6.07) is 5.41. The largest absolute Gasteiger partial charge is 0.465 e. The molecular formula is C15H16N2O2. The molecule has 0 saturated heterocycles. The van der Waals surface area contributed by atoms with E-state index in [1.54, 1.807) is 12.1 Å². The molecule has 1 aliphatic carbocycles. The van der Waals surface area contributed by atoms with Crippen LogP contribution >= 0.6 is 0 Å². The summed E-state index contributed by atoms with van der Waals surface area (Å²) >= 11 is 0. The highest BCUT2D eigenvalue weighted by Crippen LogP contribution is 2.28. The molecular weight excluding hydrogens is 240 g/mol. The van der Waals surface area contributed by atoms with Crippen LogP contribution < -0.4 is 0 Å². The van der Waals surface area contributed by atoms with Crippen LogP contribution in [-0.4, -0.2) is 23.0 Å². The van der Waals surface area contributed by atoms with E-state index in [9.17, 15) is 4.79 Å². The first kappa shape index (κ1) is 12.0. The minimum Gasteiger partial charge on any atom is -0.465 e. The number of carbonyl (C=O) groups excluding carboxylic acids is 1. The highest BCUT2D eigenvalue weighted by Gasteiger charge is 2.17. The minimum atomic E-state index is -0.321. The molecule has 19 heavy (non-hydrogen) atoms. The van der Waals surface area contributed by atoms with E-state index < -0.39 is 0 Å². The average Bonchev–Trinajstić information content (AvgIpc) is 2.90. The number of esters is 1. The smallest absolute Gasteiger partial charge is 0.337 e. The van der Waals surface area contributed by atoms with Gasteiger partial charge >= 0.3 is 5.97 Å². The molecule has 1 aromatic carbocycles. The van der Waals surface area contributed by atoms with Gasteiger partial charge in [0.05, 0.1) is 23.7 Å². The molecule has 0 saturated carbocycles. The van der Waals surface area contributed by atoms with Crippen LogP contribution in [0.25, 0.3) is 11.0 Å². The number of benzene rings is 1. The monoisotopic (exact) mass is 256 g/mol. The summed E-state index contributed by atoms with van der Waals surface area (Å²) in [4.78, 5) is 19.5. The zero-order valence-corrected chi connectivity index (χ0v) is 10.8. The molecule has 1 aliphatic rings. The van der Waals surface area contributed by atoms with Gasteiger partial charge in [0, 0.05) is 5.92 Å². The summed E-state index contributed by atoms with van der Waals surface area (Å²) in [7, 11) is 1.39. The van der Waals surface area contributed by atoms with Gasteiger partial charge in [-0.2, -0.15) is 0 Å². The molecule has 1 N–H and O–H groups in total. The van der Waals surface area contributed by atoms with Gasteiger partial charge in [0.1, 0.15) is 5.82 Å². The first-order valence-corrected chi connectivity index (χ1v) is 6.51. The molecule has 0 fully saturated rings. The lowest BCUT2D eigenvalue weighted by atomic mass is 9.94. The molecule has 1 unspecified atom stereocenters. The van der Waals surface area contributed by atoms with Gasteiger partial charge < -0.3 is 9.72 Å². The Hall–Kier alpha value is -2.10. The predicted molar refractivity (Wildman–Crippen MR) is 73.2 cm³/mol. The van der Waals surface area contributed by atoms with Crippen molar-refractivity contribution in [3.8, 4) is 0 Å². The number of imidazole rings is 1. The van der Waals surface area contributed by atoms with E-state index in [4.69, 9.17) is 4.74 Å². The van der Waals surface area contributed by atoms with Gasteiger partial charge in [-0.05, 0) is 37.5 Å². The Labute approximate surface area is 111 Å². The predicted octanol–water partition coefficient (Wildman–Crippen LogP) is 3.17. The SMILES string of the molecule is COC(=O)c1ccc2nc(C3CC=CCC3)[nH]c2c1. The quantitative estimate of drug-likeness (QED) is 0.663. The van der Waals surface area contributed by atoms with Crippen molar-refractivity contribution in [1.82, 2.24) is 9.97 Å². The minimum absolute atomic E-state index is 0.321. The van der Waals surface area contributed by atoms with Gasteiger partial charge in [-0.25, -0.2) is 9.78 Å². The van der Waals surface area contributed by atoms with Gasteiger partial charge in [-0.15, -0.1) is 0 Å². The summed E-state index contributed by atoms with van der Waals surface area (Å²) in [5.41, 5.74) is 2.35. The maximum absolute atomic E-state index is 11.5. The number of allylic oxidation sites excluding steroid dienone is 2. The molecule has 98 valence electrons. The zero-order valence-electron chi connectivity index (χ0n) is 10.8. The molecule has 1 aromatic heterocycles. The molecule has 1 heterocycles. The van der Waals surface area contributed by atoms with Crippen molar-refractivity contribution in [1.29, 1.82) is 0 Å². The van der Waals surface area contributed by atoms with E-state index >= 15 is 0 Å². The highest BCUT2D eigenvalue weighted by atomic mass is 16.5. The molecule has 4 heteroatoms. The maximum Gasteiger partial charge on any atom is 0.337 e. The standard InChI is InChI=1S/C15H16N2O2/c1-19-15(18)11-7-8-12-13(9-11)17-14(16-12)10-5-3-2-4-6-10/h2-3,7-10H,4-6H2,1H3,(H,16,17). The Balaban J connectivity index is 1.96. The lowest BCUT2D eigenvalue weighted by molar-refractivity contribution is 0.0601. The van der Waals surface area contributed by atoms with Crippen molar-refractivity contribution in [2.45, 2.75) is 25.2 Å². The Kier molecular flexibility index (Phi) is 3.07. The Morgan fingerprint density at radius 3 is 3.05 bits per heavy atom. The van der Waals surface area contributed by atoms with Crippen LogP contribution in [0.2, 0.25) is 0 Å². The number of ether oxygens (including phenoxy) is 1. The summed E-state index contributed by atoms with van der Waals surface area (Å²) in [6.45, 7) is 0. The van der Waals surface area contributed by atoms with Crippen molar-refractivity contribution in [2.75, 3.05) is 7.11 Å². The number of hydrogen-bond acceptors (Lipinski definition) is 3. The highest BCUT2D eigenvalue weighted by molar-refractivity contribution is 5.93. The third kappa shape index (κ3) is 2.26. The number of hydrogen-bond donors (Lipinski definition) is 1. The molecule has 0 radical (unpaired) electrons. The molecule has 0 aliphatic heterocycles. The van der Waals surface area contributed by atoms with E-state index in [1.807, 2.05) is 6.07 Å². The first-order chi connectivity index (χ1) is 9.28. The van der Waals surface area contributed by atoms with Crippen molar-refractivity contribution < 1.29 is 9.53 Å². The fraction of sp³-hybridized carbons (Fsp3) is 0.333. The lowest BCUT2D eigenvalue weighted by Crippen LogP contribution is -2.02. The van der Waals surface area contributed by atoms with E-state index in [1.165, 1.54) is 7.11 Å².